The first-order valence-electron chi connectivity index (χ1n) is 13.3. The van der Waals surface area contributed by atoms with Crippen LogP contribution in [0.3, 0.4) is 0 Å². The van der Waals surface area contributed by atoms with Crippen molar-refractivity contribution in [3.05, 3.63) is 87.6 Å². The number of nitrogens with one attached hydrogen (secondary N) is 1. The Morgan fingerprint density at radius 1 is 0.947 bits per heavy atom. The zero-order chi connectivity index (χ0) is 26.7. The average Bonchev–Trinajstić information content (AvgIpc) is 3.36. The van der Waals surface area contributed by atoms with Crippen LogP contribution in [0.15, 0.2) is 66.7 Å². The van der Waals surface area contributed by atoms with Gasteiger partial charge < -0.3 is 19.9 Å². The van der Waals surface area contributed by atoms with Gasteiger partial charge in [-0.2, -0.15) is 0 Å². The molecule has 2 heterocycles. The second-order valence-corrected chi connectivity index (χ2v) is 10.9. The van der Waals surface area contributed by atoms with Gasteiger partial charge in [0.2, 0.25) is 5.91 Å². The van der Waals surface area contributed by atoms with Gasteiger partial charge in [0.15, 0.2) is 0 Å². The normalized spacial score (nSPS) is 13.7. The number of carbonyl (C=O) groups is 2. The Hall–Kier alpha value is -3.20. The van der Waals surface area contributed by atoms with Gasteiger partial charge in [-0.15, -0.1) is 11.3 Å². The van der Waals surface area contributed by atoms with Crippen LogP contribution in [0.2, 0.25) is 0 Å². The number of anilines is 1. The maximum atomic E-state index is 13.8. The summed E-state index contributed by atoms with van der Waals surface area (Å²) in [5.41, 5.74) is 2.92. The molecule has 8 heteroatoms. The van der Waals surface area contributed by atoms with E-state index >= 15 is 0 Å². The molecule has 1 aromatic heterocycles. The Balaban J connectivity index is 1.51. The van der Waals surface area contributed by atoms with E-state index in [4.69, 9.17) is 4.74 Å². The largest absolute Gasteiger partial charge is 0.379 e. The molecule has 2 aromatic carbocycles. The summed E-state index contributed by atoms with van der Waals surface area (Å²) in [6.45, 7) is 9.38. The van der Waals surface area contributed by atoms with E-state index in [-0.39, 0.29) is 18.5 Å². The number of aryl methyl sites for hydroxylation is 2. The lowest BCUT2D eigenvalue weighted by Crippen LogP contribution is -2.48. The standard InChI is InChI=1S/C30H38N4O3S/c1-3-26-11-7-8-12-28(26)31-30(36)33(16-15-32-17-19-37-20-18-32)23-29(35)34(21-25-9-5-4-6-10-25)22-27-14-13-24(2)38-27/h4-14H,3,15-23H2,1-2H3,(H,31,36). The number of carbonyl (C=O) groups excluding carboxylic acids is 2. The molecule has 0 aliphatic carbocycles. The second kappa shape index (κ2) is 14.1. The van der Waals surface area contributed by atoms with Crippen LogP contribution in [0.25, 0.3) is 0 Å². The van der Waals surface area contributed by atoms with Crippen molar-refractivity contribution in [1.29, 1.82) is 0 Å². The molecule has 0 bridgehead atoms. The fraction of sp³-hybridized carbons (Fsp3) is 0.400. The summed E-state index contributed by atoms with van der Waals surface area (Å²) in [6, 6.07) is 21.8. The molecule has 0 saturated carbocycles. The number of ether oxygens (including phenoxy) is 1. The Kier molecular flexibility index (Phi) is 10.3. The monoisotopic (exact) mass is 534 g/mol. The molecule has 1 aliphatic heterocycles. The SMILES string of the molecule is CCc1ccccc1NC(=O)N(CCN1CCOCC1)CC(=O)N(Cc1ccccc1)Cc1ccc(C)s1. The summed E-state index contributed by atoms with van der Waals surface area (Å²) < 4.78 is 5.48. The van der Waals surface area contributed by atoms with Gasteiger partial charge in [-0.05, 0) is 42.7 Å². The number of urea groups is 1. The first-order valence-corrected chi connectivity index (χ1v) is 14.1. The molecule has 3 amide bonds. The molecule has 0 atom stereocenters. The van der Waals surface area contributed by atoms with Gasteiger partial charge in [0, 0.05) is 48.2 Å². The summed E-state index contributed by atoms with van der Waals surface area (Å²) in [5.74, 6) is -0.0687. The third-order valence-electron chi connectivity index (χ3n) is 6.75. The first-order chi connectivity index (χ1) is 18.5. The Labute approximate surface area is 230 Å². The van der Waals surface area contributed by atoms with Gasteiger partial charge in [0.1, 0.15) is 6.54 Å². The van der Waals surface area contributed by atoms with Gasteiger partial charge in [0.05, 0.1) is 19.8 Å². The molecule has 3 aromatic rings. The smallest absolute Gasteiger partial charge is 0.322 e. The number of para-hydroxylation sites is 1. The third kappa shape index (κ3) is 8.15. The molecular formula is C30H38N4O3S. The highest BCUT2D eigenvalue weighted by atomic mass is 32.1. The maximum Gasteiger partial charge on any atom is 0.322 e. The van der Waals surface area contributed by atoms with Crippen LogP contribution >= 0.6 is 11.3 Å². The molecule has 0 unspecified atom stereocenters. The van der Waals surface area contributed by atoms with Crippen LogP contribution in [-0.4, -0.2) is 72.6 Å². The molecule has 1 fully saturated rings. The van der Waals surface area contributed by atoms with E-state index in [1.165, 1.54) is 4.88 Å². The molecule has 0 spiro atoms. The average molecular weight is 535 g/mol. The van der Waals surface area contributed by atoms with Crippen molar-refractivity contribution in [3.63, 3.8) is 0 Å². The number of rotatable bonds is 11. The van der Waals surface area contributed by atoms with E-state index in [1.807, 2.05) is 59.5 Å². The summed E-state index contributed by atoms with van der Waals surface area (Å²) in [7, 11) is 0. The van der Waals surface area contributed by atoms with Crippen molar-refractivity contribution < 1.29 is 14.3 Å². The number of hydrogen-bond donors (Lipinski definition) is 1. The highest BCUT2D eigenvalue weighted by Crippen LogP contribution is 2.20. The fourth-order valence-electron chi connectivity index (χ4n) is 4.54. The molecule has 7 nitrogen and oxygen atoms in total. The summed E-state index contributed by atoms with van der Waals surface area (Å²) in [6.07, 6.45) is 0.814. The topological polar surface area (TPSA) is 65.1 Å². The predicted molar refractivity (Wildman–Crippen MR) is 153 cm³/mol. The minimum Gasteiger partial charge on any atom is -0.379 e. The number of benzene rings is 2. The van der Waals surface area contributed by atoms with E-state index in [9.17, 15) is 9.59 Å². The lowest BCUT2D eigenvalue weighted by molar-refractivity contribution is -0.133. The molecule has 38 heavy (non-hydrogen) atoms. The van der Waals surface area contributed by atoms with Crippen LogP contribution in [0.1, 0.15) is 27.8 Å². The van der Waals surface area contributed by atoms with Crippen LogP contribution in [0, 0.1) is 6.92 Å². The summed E-state index contributed by atoms with van der Waals surface area (Å²) >= 11 is 1.70. The van der Waals surface area contributed by atoms with Crippen molar-refractivity contribution in [2.75, 3.05) is 51.3 Å². The zero-order valence-electron chi connectivity index (χ0n) is 22.4. The Morgan fingerprint density at radius 2 is 1.68 bits per heavy atom. The van der Waals surface area contributed by atoms with Crippen molar-refractivity contribution in [1.82, 2.24) is 14.7 Å². The van der Waals surface area contributed by atoms with Crippen LogP contribution in [0.4, 0.5) is 10.5 Å². The second-order valence-electron chi connectivity index (χ2n) is 9.56. The Bertz CT molecular complexity index is 1180. The summed E-state index contributed by atoms with van der Waals surface area (Å²) in [5, 5.41) is 3.07. The lowest BCUT2D eigenvalue weighted by Gasteiger charge is -2.31. The maximum absolute atomic E-state index is 13.8. The van der Waals surface area contributed by atoms with E-state index in [2.05, 4.69) is 36.2 Å². The van der Waals surface area contributed by atoms with E-state index in [0.717, 1.165) is 41.2 Å². The van der Waals surface area contributed by atoms with Crippen molar-refractivity contribution in [2.24, 2.45) is 0 Å². The fourth-order valence-corrected chi connectivity index (χ4v) is 5.45. The van der Waals surface area contributed by atoms with Gasteiger partial charge in [0.25, 0.3) is 0 Å². The van der Waals surface area contributed by atoms with E-state index in [1.54, 1.807) is 16.2 Å². The summed E-state index contributed by atoms with van der Waals surface area (Å²) in [4.78, 5) is 35.5. The third-order valence-corrected chi connectivity index (χ3v) is 7.74. The molecule has 1 aliphatic rings. The predicted octanol–water partition coefficient (Wildman–Crippen LogP) is 5.01. The first kappa shape index (κ1) is 27.8. The molecular weight excluding hydrogens is 496 g/mol. The van der Waals surface area contributed by atoms with Crippen molar-refractivity contribution in [2.45, 2.75) is 33.4 Å². The van der Waals surface area contributed by atoms with Gasteiger partial charge in [-0.25, -0.2) is 4.79 Å². The van der Waals surface area contributed by atoms with Crippen molar-refractivity contribution in [3.8, 4) is 0 Å². The van der Waals surface area contributed by atoms with E-state index in [0.29, 0.717) is 39.4 Å². The molecule has 0 radical (unpaired) electrons. The quantitative estimate of drug-likeness (QED) is 0.376. The van der Waals surface area contributed by atoms with Crippen molar-refractivity contribution >= 4 is 29.0 Å². The number of morpholine rings is 1. The Morgan fingerprint density at radius 3 is 2.39 bits per heavy atom. The lowest BCUT2D eigenvalue weighted by atomic mass is 10.1. The zero-order valence-corrected chi connectivity index (χ0v) is 23.2. The number of nitrogens with zero attached hydrogens (tertiary/aromatic N) is 3. The van der Waals surface area contributed by atoms with Crippen LogP contribution in [0.5, 0.6) is 0 Å². The van der Waals surface area contributed by atoms with Gasteiger partial charge in [-0.3, -0.25) is 9.69 Å². The minimum absolute atomic E-state index is 0.0155. The number of amides is 3. The van der Waals surface area contributed by atoms with Crippen LogP contribution < -0.4 is 5.32 Å². The molecule has 1 saturated heterocycles. The van der Waals surface area contributed by atoms with Gasteiger partial charge in [-0.1, -0.05) is 55.5 Å². The molecule has 1 N–H and O–H groups in total. The van der Waals surface area contributed by atoms with E-state index < -0.39 is 0 Å². The number of thiophene rings is 1. The highest BCUT2D eigenvalue weighted by Gasteiger charge is 2.24. The molecule has 4 rings (SSSR count). The highest BCUT2D eigenvalue weighted by molar-refractivity contribution is 7.11. The van der Waals surface area contributed by atoms with Crippen LogP contribution in [-0.2, 0) is 29.0 Å². The minimum atomic E-state index is -0.251. The molecule has 202 valence electrons. The number of hydrogen-bond acceptors (Lipinski definition) is 5. The van der Waals surface area contributed by atoms with Gasteiger partial charge >= 0.3 is 6.03 Å².